The molecule has 3 nitrogen and oxygen atoms in total. The van der Waals surface area contributed by atoms with E-state index in [2.05, 4.69) is 47.4 Å². The van der Waals surface area contributed by atoms with Gasteiger partial charge < -0.3 is 9.64 Å². The summed E-state index contributed by atoms with van der Waals surface area (Å²) in [6.07, 6.45) is 8.63. The van der Waals surface area contributed by atoms with Gasteiger partial charge in [0.2, 0.25) is 0 Å². The normalized spacial score (nSPS) is 20.2. The maximum atomic E-state index is 12.8. The lowest BCUT2D eigenvalue weighted by atomic mass is 9.85. The molecule has 1 fully saturated rings. The van der Waals surface area contributed by atoms with Crippen LogP contribution >= 0.6 is 0 Å². The molecule has 0 bridgehead atoms. The minimum absolute atomic E-state index is 0.0164. The van der Waals surface area contributed by atoms with Crippen molar-refractivity contribution in [1.82, 2.24) is 4.90 Å². The van der Waals surface area contributed by atoms with E-state index in [0.29, 0.717) is 5.92 Å². The van der Waals surface area contributed by atoms with Crippen LogP contribution in [0, 0.1) is 5.92 Å². The summed E-state index contributed by atoms with van der Waals surface area (Å²) in [5, 5.41) is 0. The highest BCUT2D eigenvalue weighted by Gasteiger charge is 2.24. The molecule has 0 spiro atoms. The van der Waals surface area contributed by atoms with E-state index < -0.39 is 0 Å². The summed E-state index contributed by atoms with van der Waals surface area (Å²) in [4.78, 5) is 15.4. The monoisotopic (exact) mass is 375 g/mol. The van der Waals surface area contributed by atoms with Crippen molar-refractivity contribution < 1.29 is 9.53 Å². The van der Waals surface area contributed by atoms with Crippen molar-refractivity contribution in [3.05, 3.63) is 71.3 Å². The maximum Gasteiger partial charge on any atom is 0.170 e. The summed E-state index contributed by atoms with van der Waals surface area (Å²) in [6.45, 7) is 3.42. The average Bonchev–Trinajstić information content (AvgIpc) is 2.76. The fourth-order valence-corrected chi connectivity index (χ4v) is 4.51. The summed E-state index contributed by atoms with van der Waals surface area (Å²) in [7, 11) is 1.65. The third-order valence-corrected chi connectivity index (χ3v) is 6.22. The highest BCUT2D eigenvalue weighted by Crippen LogP contribution is 2.30. The number of piperidine rings is 1. The van der Waals surface area contributed by atoms with Gasteiger partial charge in [-0.3, -0.25) is 4.79 Å². The molecule has 0 amide bonds. The quantitative estimate of drug-likeness (QED) is 0.697. The maximum absolute atomic E-state index is 12.8. The molecule has 28 heavy (non-hydrogen) atoms. The molecule has 4 rings (SSSR count). The van der Waals surface area contributed by atoms with Crippen LogP contribution in [0.1, 0.15) is 53.1 Å². The predicted molar refractivity (Wildman–Crippen MR) is 114 cm³/mol. The Hall–Kier alpha value is -2.39. The number of Topliss-reactive ketones (excluding diaryl/α,β-unsaturated/α-hetero) is 1. The number of nitrogens with zero attached hydrogens (tertiary/aromatic N) is 1. The second kappa shape index (κ2) is 8.74. The van der Waals surface area contributed by atoms with E-state index in [0.717, 1.165) is 49.4 Å². The molecule has 1 aliphatic carbocycles. The molecule has 1 saturated heterocycles. The lowest BCUT2D eigenvalue weighted by Gasteiger charge is -2.32. The highest BCUT2D eigenvalue weighted by molar-refractivity contribution is 6.04. The molecular weight excluding hydrogens is 346 g/mol. The van der Waals surface area contributed by atoms with Crippen molar-refractivity contribution >= 4 is 11.9 Å². The van der Waals surface area contributed by atoms with Crippen LogP contribution < -0.4 is 4.74 Å². The lowest BCUT2D eigenvalue weighted by molar-refractivity contribution is 0.0934. The minimum Gasteiger partial charge on any atom is -0.497 e. The van der Waals surface area contributed by atoms with Gasteiger partial charge >= 0.3 is 0 Å². The van der Waals surface area contributed by atoms with Crippen molar-refractivity contribution in [2.75, 3.05) is 26.7 Å². The molecule has 0 radical (unpaired) electrons. The van der Waals surface area contributed by atoms with E-state index >= 15 is 0 Å². The van der Waals surface area contributed by atoms with E-state index in [1.165, 1.54) is 18.4 Å². The number of likely N-dealkylation sites (tertiary alicyclic amines) is 1. The topological polar surface area (TPSA) is 29.5 Å². The Bertz CT molecular complexity index is 835. The predicted octanol–water partition coefficient (Wildman–Crippen LogP) is 5.18. The molecule has 1 heterocycles. The van der Waals surface area contributed by atoms with E-state index in [1.807, 2.05) is 18.2 Å². The number of benzene rings is 2. The first kappa shape index (κ1) is 18.9. The molecule has 2 aliphatic rings. The van der Waals surface area contributed by atoms with Crippen LogP contribution in [0.2, 0.25) is 0 Å². The zero-order valence-electron chi connectivity index (χ0n) is 16.6. The molecule has 146 valence electrons. The van der Waals surface area contributed by atoms with Gasteiger partial charge in [0.05, 0.1) is 7.11 Å². The van der Waals surface area contributed by atoms with Gasteiger partial charge in [-0.25, -0.2) is 0 Å². The van der Waals surface area contributed by atoms with Gasteiger partial charge in [-0.15, -0.1) is 0 Å². The van der Waals surface area contributed by atoms with Crippen LogP contribution in [0.25, 0.3) is 6.08 Å². The number of ketones is 1. The van der Waals surface area contributed by atoms with Crippen LogP contribution in [0.15, 0.2) is 54.6 Å². The summed E-state index contributed by atoms with van der Waals surface area (Å²) < 4.78 is 5.26. The number of ether oxygens (including phenoxy) is 1. The van der Waals surface area contributed by atoms with Gasteiger partial charge in [0.15, 0.2) is 5.78 Å². The Kier molecular flexibility index (Phi) is 5.92. The summed E-state index contributed by atoms with van der Waals surface area (Å²) in [5.41, 5.74) is 3.29. The van der Waals surface area contributed by atoms with Crippen molar-refractivity contribution in [2.45, 2.75) is 31.6 Å². The Morgan fingerprint density at radius 1 is 1.07 bits per heavy atom. The largest absolute Gasteiger partial charge is 0.497 e. The molecule has 0 aromatic heterocycles. The standard InChI is InChI=1S/C25H29NO2/c1-28-23-11-12-24-22(18-23)10-9-21(25(24)27)8-5-15-26-16-13-20(14-17-26)19-6-3-2-4-7-19/h2-4,6-7,9-12,18,20-21H,5,8,13-17H2,1H3. The van der Waals surface area contributed by atoms with Crippen molar-refractivity contribution in [2.24, 2.45) is 5.92 Å². The zero-order chi connectivity index (χ0) is 19.3. The molecule has 0 N–H and O–H groups in total. The molecule has 1 aliphatic heterocycles. The smallest absolute Gasteiger partial charge is 0.170 e. The molecule has 2 aromatic rings. The SMILES string of the molecule is COc1ccc2c(c1)C=CC(CCCN1CCC(c3ccccc3)CC1)C2=O. The van der Waals surface area contributed by atoms with Gasteiger partial charge in [-0.05, 0) is 80.6 Å². The van der Waals surface area contributed by atoms with Crippen LogP contribution in [0.5, 0.6) is 5.75 Å². The number of allylic oxidation sites excluding steroid dienone is 1. The fraction of sp³-hybridized carbons (Fsp3) is 0.400. The second-order valence-electron chi connectivity index (χ2n) is 7.95. The van der Waals surface area contributed by atoms with Crippen molar-refractivity contribution in [3.8, 4) is 5.75 Å². The number of hydrogen-bond donors (Lipinski definition) is 0. The zero-order valence-corrected chi connectivity index (χ0v) is 16.6. The first-order valence-corrected chi connectivity index (χ1v) is 10.4. The third-order valence-electron chi connectivity index (χ3n) is 6.22. The molecular formula is C25H29NO2. The Morgan fingerprint density at radius 2 is 1.86 bits per heavy atom. The van der Waals surface area contributed by atoms with E-state index in [-0.39, 0.29) is 11.7 Å². The molecule has 2 aromatic carbocycles. The number of rotatable bonds is 6. The van der Waals surface area contributed by atoms with E-state index in [1.54, 1.807) is 7.11 Å². The van der Waals surface area contributed by atoms with Crippen LogP contribution in [0.3, 0.4) is 0 Å². The number of methoxy groups -OCH3 is 1. The molecule has 0 saturated carbocycles. The van der Waals surface area contributed by atoms with Crippen LogP contribution in [-0.2, 0) is 0 Å². The average molecular weight is 376 g/mol. The molecule has 1 unspecified atom stereocenters. The number of carbonyl (C=O) groups is 1. The number of carbonyl (C=O) groups excluding carboxylic acids is 1. The Balaban J connectivity index is 1.25. The summed E-state index contributed by atoms with van der Waals surface area (Å²) in [5.74, 6) is 1.77. The van der Waals surface area contributed by atoms with Gasteiger partial charge in [0, 0.05) is 11.5 Å². The Labute approximate surface area is 168 Å². The lowest BCUT2D eigenvalue weighted by Crippen LogP contribution is -2.34. The van der Waals surface area contributed by atoms with Crippen LogP contribution in [0.4, 0.5) is 0 Å². The fourth-order valence-electron chi connectivity index (χ4n) is 4.51. The summed E-state index contributed by atoms with van der Waals surface area (Å²) in [6, 6.07) is 16.6. The Morgan fingerprint density at radius 3 is 2.61 bits per heavy atom. The first-order chi connectivity index (χ1) is 13.7. The van der Waals surface area contributed by atoms with Gasteiger partial charge in [-0.1, -0.05) is 42.5 Å². The van der Waals surface area contributed by atoms with Crippen LogP contribution in [-0.4, -0.2) is 37.4 Å². The first-order valence-electron chi connectivity index (χ1n) is 10.4. The molecule has 3 heteroatoms. The van der Waals surface area contributed by atoms with E-state index in [9.17, 15) is 4.79 Å². The highest BCUT2D eigenvalue weighted by atomic mass is 16.5. The van der Waals surface area contributed by atoms with E-state index in [4.69, 9.17) is 4.74 Å². The molecule has 1 atom stereocenters. The van der Waals surface area contributed by atoms with Gasteiger partial charge in [0.1, 0.15) is 5.75 Å². The van der Waals surface area contributed by atoms with Gasteiger partial charge in [-0.2, -0.15) is 0 Å². The summed E-state index contributed by atoms with van der Waals surface area (Å²) >= 11 is 0. The third kappa shape index (κ3) is 4.20. The number of hydrogen-bond acceptors (Lipinski definition) is 3. The van der Waals surface area contributed by atoms with Crippen molar-refractivity contribution in [3.63, 3.8) is 0 Å². The minimum atomic E-state index is 0.0164. The second-order valence-corrected chi connectivity index (χ2v) is 7.95. The van der Waals surface area contributed by atoms with Crippen molar-refractivity contribution in [1.29, 1.82) is 0 Å². The van der Waals surface area contributed by atoms with Gasteiger partial charge in [0.25, 0.3) is 0 Å². The number of fused-ring (bicyclic) bond motifs is 1.